The van der Waals surface area contributed by atoms with E-state index in [1.54, 1.807) is 30.3 Å². The predicted octanol–water partition coefficient (Wildman–Crippen LogP) is 1.53. The van der Waals surface area contributed by atoms with Crippen molar-refractivity contribution in [2.45, 2.75) is 5.92 Å². The van der Waals surface area contributed by atoms with Gasteiger partial charge in [0.15, 0.2) is 0 Å². The first-order valence-electron chi connectivity index (χ1n) is 9.56. The monoisotopic (exact) mass is 430 g/mol. The standard InChI is InChI=1S/C23H18N4O5/c1-26-20(25)18(21(29)27(2)23(26)31)16(13-9-7-12(11-24)8-10-13)17-19(28)14-5-3-4-6-15(14)32-22(17)30/h3-10,16,28H,25H2,1-2H3. The molecule has 0 aliphatic carbocycles. The number of rotatable bonds is 3. The lowest BCUT2D eigenvalue weighted by atomic mass is 9.85. The molecule has 2 aromatic carbocycles. The highest BCUT2D eigenvalue weighted by Crippen LogP contribution is 2.38. The molecule has 2 heterocycles. The Kier molecular flexibility index (Phi) is 4.91. The molecule has 0 amide bonds. The van der Waals surface area contributed by atoms with E-state index in [1.807, 2.05) is 6.07 Å². The van der Waals surface area contributed by atoms with Crippen molar-refractivity contribution in [3.05, 3.63) is 102 Å². The number of para-hydroxylation sites is 1. The van der Waals surface area contributed by atoms with Gasteiger partial charge in [-0.05, 0) is 29.8 Å². The molecule has 0 radical (unpaired) electrons. The first-order valence-corrected chi connectivity index (χ1v) is 9.56. The second-order valence-electron chi connectivity index (χ2n) is 7.32. The van der Waals surface area contributed by atoms with Crippen LogP contribution in [0.25, 0.3) is 11.0 Å². The first kappa shape index (κ1) is 20.7. The van der Waals surface area contributed by atoms with Gasteiger partial charge in [0.1, 0.15) is 17.2 Å². The second kappa shape index (κ2) is 7.59. The van der Waals surface area contributed by atoms with E-state index < -0.39 is 22.8 Å². The Morgan fingerprint density at radius 1 is 1.00 bits per heavy atom. The van der Waals surface area contributed by atoms with Crippen molar-refractivity contribution in [3.63, 3.8) is 0 Å². The van der Waals surface area contributed by atoms with Crippen molar-refractivity contribution in [1.29, 1.82) is 5.26 Å². The minimum absolute atomic E-state index is 0.0720. The Balaban J connectivity index is 2.17. The molecule has 4 aromatic rings. The summed E-state index contributed by atoms with van der Waals surface area (Å²) in [6.07, 6.45) is 0. The van der Waals surface area contributed by atoms with Crippen molar-refractivity contribution in [3.8, 4) is 11.8 Å². The molecule has 0 saturated heterocycles. The van der Waals surface area contributed by atoms with E-state index in [-0.39, 0.29) is 33.7 Å². The van der Waals surface area contributed by atoms with Crippen LogP contribution in [-0.2, 0) is 14.1 Å². The maximum atomic E-state index is 13.2. The molecule has 4 rings (SSSR count). The van der Waals surface area contributed by atoms with Crippen molar-refractivity contribution < 1.29 is 9.52 Å². The Morgan fingerprint density at radius 3 is 2.31 bits per heavy atom. The number of nitrogens with two attached hydrogens (primary N) is 1. The molecule has 2 aromatic heterocycles. The molecule has 0 saturated carbocycles. The second-order valence-corrected chi connectivity index (χ2v) is 7.32. The fraction of sp³-hybridized carbons (Fsp3) is 0.130. The highest BCUT2D eigenvalue weighted by Gasteiger charge is 2.31. The van der Waals surface area contributed by atoms with Gasteiger partial charge in [0.25, 0.3) is 5.56 Å². The summed E-state index contributed by atoms with van der Waals surface area (Å²) in [4.78, 5) is 38.5. The van der Waals surface area contributed by atoms with Gasteiger partial charge in [0.2, 0.25) is 0 Å². The van der Waals surface area contributed by atoms with Gasteiger partial charge < -0.3 is 15.3 Å². The summed E-state index contributed by atoms with van der Waals surface area (Å²) < 4.78 is 7.39. The van der Waals surface area contributed by atoms with E-state index in [4.69, 9.17) is 15.4 Å². The van der Waals surface area contributed by atoms with Crippen LogP contribution in [0.5, 0.6) is 5.75 Å². The summed E-state index contributed by atoms with van der Waals surface area (Å²) in [7, 11) is 2.70. The van der Waals surface area contributed by atoms with E-state index in [2.05, 4.69) is 0 Å². The van der Waals surface area contributed by atoms with E-state index in [1.165, 1.54) is 32.3 Å². The lowest BCUT2D eigenvalue weighted by Gasteiger charge is -2.21. The largest absolute Gasteiger partial charge is 0.507 e. The molecule has 9 nitrogen and oxygen atoms in total. The average Bonchev–Trinajstić information content (AvgIpc) is 2.80. The number of anilines is 1. The summed E-state index contributed by atoms with van der Waals surface area (Å²) in [5.74, 6) is -1.67. The molecule has 0 bridgehead atoms. The van der Waals surface area contributed by atoms with Crippen LogP contribution in [0.2, 0.25) is 0 Å². The summed E-state index contributed by atoms with van der Waals surface area (Å²) in [5, 5.41) is 20.5. The van der Waals surface area contributed by atoms with Crippen molar-refractivity contribution in [1.82, 2.24) is 9.13 Å². The van der Waals surface area contributed by atoms with Crippen LogP contribution in [0.15, 0.2) is 67.3 Å². The molecule has 0 spiro atoms. The quantitative estimate of drug-likeness (QED) is 0.469. The van der Waals surface area contributed by atoms with E-state index in [0.717, 1.165) is 9.13 Å². The predicted molar refractivity (Wildman–Crippen MR) is 118 cm³/mol. The van der Waals surface area contributed by atoms with Gasteiger partial charge in [0, 0.05) is 14.1 Å². The molecule has 0 aliphatic heterocycles. The molecule has 160 valence electrons. The number of nitrogens with zero attached hydrogens (tertiary/aromatic N) is 3. The van der Waals surface area contributed by atoms with Gasteiger partial charge in [-0.15, -0.1) is 0 Å². The third-order valence-electron chi connectivity index (χ3n) is 5.52. The Hall–Kier alpha value is -4.58. The molecule has 0 fully saturated rings. The van der Waals surface area contributed by atoms with Gasteiger partial charge in [-0.25, -0.2) is 9.59 Å². The number of aromatic hydroxyl groups is 1. The first-order chi connectivity index (χ1) is 15.3. The Labute approximate surface area is 180 Å². The van der Waals surface area contributed by atoms with Crippen LogP contribution in [0, 0.1) is 11.3 Å². The molecular formula is C23H18N4O5. The van der Waals surface area contributed by atoms with Crippen molar-refractivity contribution in [2.75, 3.05) is 5.73 Å². The number of hydrogen-bond acceptors (Lipinski definition) is 7. The summed E-state index contributed by atoms with van der Waals surface area (Å²) in [5.41, 5.74) is 4.65. The zero-order valence-corrected chi connectivity index (χ0v) is 17.2. The van der Waals surface area contributed by atoms with Crippen molar-refractivity contribution in [2.24, 2.45) is 14.1 Å². The third-order valence-corrected chi connectivity index (χ3v) is 5.52. The van der Waals surface area contributed by atoms with Crippen LogP contribution in [0.1, 0.15) is 28.2 Å². The molecule has 1 unspecified atom stereocenters. The number of fused-ring (bicyclic) bond motifs is 1. The highest BCUT2D eigenvalue weighted by molar-refractivity contribution is 5.84. The van der Waals surface area contributed by atoms with E-state index in [9.17, 15) is 19.5 Å². The Bertz CT molecular complexity index is 1590. The van der Waals surface area contributed by atoms with Crippen LogP contribution in [-0.4, -0.2) is 14.2 Å². The maximum absolute atomic E-state index is 13.2. The van der Waals surface area contributed by atoms with Gasteiger partial charge in [-0.1, -0.05) is 24.3 Å². The minimum atomic E-state index is -1.16. The molecule has 3 N–H and O–H groups in total. The van der Waals surface area contributed by atoms with Gasteiger partial charge in [-0.3, -0.25) is 13.9 Å². The SMILES string of the molecule is Cn1c(N)c(C(c2ccc(C#N)cc2)c2c(O)c3ccccc3oc2=O)c(=O)n(C)c1=O. The van der Waals surface area contributed by atoms with Crippen LogP contribution < -0.4 is 22.6 Å². The van der Waals surface area contributed by atoms with E-state index >= 15 is 0 Å². The number of nitriles is 1. The van der Waals surface area contributed by atoms with Gasteiger partial charge in [0.05, 0.1) is 34.1 Å². The summed E-state index contributed by atoms with van der Waals surface area (Å²) >= 11 is 0. The Morgan fingerprint density at radius 2 is 1.66 bits per heavy atom. The molecule has 0 aliphatic rings. The number of hydrogen-bond donors (Lipinski definition) is 2. The molecule has 9 heteroatoms. The molecule has 1 atom stereocenters. The van der Waals surface area contributed by atoms with Crippen LogP contribution in [0.3, 0.4) is 0 Å². The maximum Gasteiger partial charge on any atom is 0.344 e. The lowest BCUT2D eigenvalue weighted by molar-refractivity contribution is 0.454. The number of nitrogen functional groups attached to an aromatic ring is 1. The van der Waals surface area contributed by atoms with Gasteiger partial charge >= 0.3 is 11.3 Å². The normalized spacial score (nSPS) is 11.9. The number of benzene rings is 2. The zero-order chi connectivity index (χ0) is 23.2. The van der Waals surface area contributed by atoms with Crippen LogP contribution in [0.4, 0.5) is 5.82 Å². The fourth-order valence-electron chi connectivity index (χ4n) is 3.79. The highest BCUT2D eigenvalue weighted by atomic mass is 16.4. The number of aromatic nitrogens is 2. The third kappa shape index (κ3) is 3.06. The van der Waals surface area contributed by atoms with Gasteiger partial charge in [-0.2, -0.15) is 5.26 Å². The minimum Gasteiger partial charge on any atom is -0.507 e. The average molecular weight is 430 g/mol. The lowest BCUT2D eigenvalue weighted by Crippen LogP contribution is -2.41. The summed E-state index contributed by atoms with van der Waals surface area (Å²) in [6.45, 7) is 0. The van der Waals surface area contributed by atoms with Crippen molar-refractivity contribution >= 4 is 16.8 Å². The van der Waals surface area contributed by atoms with E-state index in [0.29, 0.717) is 11.1 Å². The topological polar surface area (TPSA) is 144 Å². The smallest absolute Gasteiger partial charge is 0.344 e. The van der Waals surface area contributed by atoms with Crippen LogP contribution >= 0.6 is 0 Å². The molecule has 32 heavy (non-hydrogen) atoms. The fourth-order valence-corrected chi connectivity index (χ4v) is 3.79. The summed E-state index contributed by atoms with van der Waals surface area (Å²) in [6, 6.07) is 14.6. The zero-order valence-electron chi connectivity index (χ0n) is 17.2. The molecular weight excluding hydrogens is 412 g/mol.